The Bertz CT molecular complexity index is 769. The first-order valence-corrected chi connectivity index (χ1v) is 8.58. The van der Waals surface area contributed by atoms with Crippen LogP contribution in [-0.2, 0) is 6.54 Å². The van der Waals surface area contributed by atoms with Crippen molar-refractivity contribution >= 4 is 23.3 Å². The molecule has 2 heterocycles. The SMILES string of the molecule is O=C(Nc1cnn(CC(F)(F)F)c1)N1CCC(c2cccc(Cl)c2)CC1. The number of carbonyl (C=O) groups excluding carboxylic acids is 1. The highest BCUT2D eigenvalue weighted by atomic mass is 35.5. The number of aromatic nitrogens is 2. The minimum Gasteiger partial charge on any atom is -0.324 e. The van der Waals surface area contributed by atoms with Gasteiger partial charge in [0.05, 0.1) is 11.9 Å². The van der Waals surface area contributed by atoms with Crippen molar-refractivity contribution in [3.8, 4) is 0 Å². The van der Waals surface area contributed by atoms with E-state index < -0.39 is 12.7 Å². The topological polar surface area (TPSA) is 50.2 Å². The van der Waals surface area contributed by atoms with E-state index in [1.165, 1.54) is 12.4 Å². The fourth-order valence-electron chi connectivity index (χ4n) is 3.08. The molecule has 2 aromatic rings. The Morgan fingerprint density at radius 2 is 2.04 bits per heavy atom. The second-order valence-corrected chi connectivity index (χ2v) is 6.72. The van der Waals surface area contributed by atoms with Gasteiger partial charge in [0.25, 0.3) is 0 Å². The quantitative estimate of drug-likeness (QED) is 0.843. The van der Waals surface area contributed by atoms with Crippen LogP contribution >= 0.6 is 11.6 Å². The van der Waals surface area contributed by atoms with Crippen LogP contribution in [-0.4, -0.2) is 40.0 Å². The third-order valence-electron chi connectivity index (χ3n) is 4.33. The zero-order chi connectivity index (χ0) is 18.7. The van der Waals surface area contributed by atoms with E-state index in [4.69, 9.17) is 11.6 Å². The molecule has 0 unspecified atom stereocenters. The molecule has 0 aliphatic carbocycles. The first-order valence-electron chi connectivity index (χ1n) is 8.21. The van der Waals surface area contributed by atoms with E-state index >= 15 is 0 Å². The summed E-state index contributed by atoms with van der Waals surface area (Å²) in [5.74, 6) is 0.340. The van der Waals surface area contributed by atoms with Crippen molar-refractivity contribution in [1.29, 1.82) is 0 Å². The molecule has 1 aromatic carbocycles. The van der Waals surface area contributed by atoms with Crippen LogP contribution in [0.3, 0.4) is 0 Å². The van der Waals surface area contributed by atoms with Gasteiger partial charge >= 0.3 is 12.2 Å². The van der Waals surface area contributed by atoms with Gasteiger partial charge < -0.3 is 10.2 Å². The van der Waals surface area contributed by atoms with E-state index in [1.807, 2.05) is 24.3 Å². The Labute approximate surface area is 153 Å². The number of urea groups is 1. The molecule has 1 N–H and O–H groups in total. The number of anilines is 1. The molecular formula is C17H18ClF3N4O. The molecule has 0 radical (unpaired) electrons. The Balaban J connectivity index is 1.52. The number of hydrogen-bond acceptors (Lipinski definition) is 2. The number of benzene rings is 1. The maximum absolute atomic E-state index is 12.3. The van der Waals surface area contributed by atoms with Gasteiger partial charge in [-0.2, -0.15) is 18.3 Å². The van der Waals surface area contributed by atoms with Crippen molar-refractivity contribution in [2.75, 3.05) is 18.4 Å². The molecule has 1 aliphatic rings. The maximum Gasteiger partial charge on any atom is 0.408 e. The third-order valence-corrected chi connectivity index (χ3v) is 4.56. The molecule has 9 heteroatoms. The number of hydrogen-bond donors (Lipinski definition) is 1. The van der Waals surface area contributed by atoms with Gasteiger partial charge in [-0.3, -0.25) is 4.68 Å². The predicted molar refractivity (Wildman–Crippen MR) is 92.3 cm³/mol. The summed E-state index contributed by atoms with van der Waals surface area (Å²) in [6, 6.07) is 7.38. The van der Waals surface area contributed by atoms with Crippen LogP contribution in [0.25, 0.3) is 0 Å². The molecule has 1 aromatic heterocycles. The van der Waals surface area contributed by atoms with Crippen LogP contribution in [0.2, 0.25) is 5.02 Å². The molecular weight excluding hydrogens is 369 g/mol. The van der Waals surface area contributed by atoms with Gasteiger partial charge in [0.1, 0.15) is 6.54 Å². The van der Waals surface area contributed by atoms with Crippen LogP contribution in [0.15, 0.2) is 36.7 Å². The van der Waals surface area contributed by atoms with E-state index in [0.29, 0.717) is 24.0 Å². The van der Waals surface area contributed by atoms with Gasteiger partial charge in [-0.1, -0.05) is 23.7 Å². The fourth-order valence-corrected chi connectivity index (χ4v) is 3.28. The number of alkyl halides is 3. The average Bonchev–Trinajstić information content (AvgIpc) is 3.00. The molecule has 26 heavy (non-hydrogen) atoms. The lowest BCUT2D eigenvalue weighted by Gasteiger charge is -2.32. The Kier molecular flexibility index (Phi) is 5.41. The van der Waals surface area contributed by atoms with E-state index in [-0.39, 0.29) is 11.7 Å². The molecule has 0 atom stereocenters. The minimum absolute atomic E-state index is 0.246. The molecule has 3 rings (SSSR count). The van der Waals surface area contributed by atoms with Gasteiger partial charge in [-0.25, -0.2) is 4.79 Å². The van der Waals surface area contributed by atoms with Crippen LogP contribution < -0.4 is 5.32 Å². The van der Waals surface area contributed by atoms with Crippen molar-refractivity contribution in [3.05, 3.63) is 47.2 Å². The van der Waals surface area contributed by atoms with Crippen LogP contribution in [0.4, 0.5) is 23.7 Å². The monoisotopic (exact) mass is 386 g/mol. The standard InChI is InChI=1S/C17H18ClF3N4O/c18-14-3-1-2-13(8-14)12-4-6-24(7-5-12)16(26)23-15-9-22-25(10-15)11-17(19,20)21/h1-3,8-10,12H,4-7,11H2,(H,23,26). The largest absolute Gasteiger partial charge is 0.408 e. The number of likely N-dealkylation sites (tertiary alicyclic amines) is 1. The summed E-state index contributed by atoms with van der Waals surface area (Å²) < 4.78 is 37.8. The average molecular weight is 387 g/mol. The summed E-state index contributed by atoms with van der Waals surface area (Å²) in [6.07, 6.45) is -0.357. The second kappa shape index (κ2) is 7.57. The summed E-state index contributed by atoms with van der Waals surface area (Å²) in [7, 11) is 0. The number of amides is 2. The van der Waals surface area contributed by atoms with Crippen molar-refractivity contribution in [2.45, 2.75) is 31.5 Å². The van der Waals surface area contributed by atoms with E-state index in [9.17, 15) is 18.0 Å². The van der Waals surface area contributed by atoms with Gasteiger partial charge in [0, 0.05) is 24.3 Å². The normalized spacial score (nSPS) is 15.9. The van der Waals surface area contributed by atoms with E-state index in [1.54, 1.807) is 4.90 Å². The van der Waals surface area contributed by atoms with Crippen molar-refractivity contribution in [3.63, 3.8) is 0 Å². The van der Waals surface area contributed by atoms with Crippen LogP contribution in [0, 0.1) is 0 Å². The third kappa shape index (κ3) is 4.91. The summed E-state index contributed by atoms with van der Waals surface area (Å²) in [5.41, 5.74) is 1.40. The highest BCUT2D eigenvalue weighted by molar-refractivity contribution is 6.30. The van der Waals surface area contributed by atoms with Gasteiger partial charge in [-0.15, -0.1) is 0 Å². The second-order valence-electron chi connectivity index (χ2n) is 6.29. The van der Waals surface area contributed by atoms with Gasteiger partial charge in [0.15, 0.2) is 0 Å². The highest BCUT2D eigenvalue weighted by Gasteiger charge is 2.29. The zero-order valence-corrected chi connectivity index (χ0v) is 14.6. The lowest BCUT2D eigenvalue weighted by molar-refractivity contribution is -0.142. The molecule has 0 spiro atoms. The Morgan fingerprint density at radius 3 is 2.69 bits per heavy atom. The molecule has 1 aliphatic heterocycles. The predicted octanol–water partition coefficient (Wildman–Crippen LogP) is 4.51. The lowest BCUT2D eigenvalue weighted by atomic mass is 9.89. The van der Waals surface area contributed by atoms with Crippen LogP contribution in [0.5, 0.6) is 0 Å². The first kappa shape index (κ1) is 18.6. The van der Waals surface area contributed by atoms with Crippen molar-refractivity contribution in [2.24, 2.45) is 0 Å². The molecule has 0 saturated carbocycles. The Hall–Kier alpha value is -2.22. The number of halogens is 4. The first-order chi connectivity index (χ1) is 12.3. The van der Waals surface area contributed by atoms with Gasteiger partial charge in [0.2, 0.25) is 0 Å². The van der Waals surface area contributed by atoms with E-state index in [2.05, 4.69) is 10.4 Å². The molecule has 2 amide bonds. The zero-order valence-electron chi connectivity index (χ0n) is 13.8. The number of carbonyl (C=O) groups is 1. The highest BCUT2D eigenvalue weighted by Crippen LogP contribution is 2.29. The Morgan fingerprint density at radius 1 is 1.31 bits per heavy atom. The van der Waals surface area contributed by atoms with Crippen molar-refractivity contribution < 1.29 is 18.0 Å². The minimum atomic E-state index is -4.35. The molecule has 0 bridgehead atoms. The lowest BCUT2D eigenvalue weighted by Crippen LogP contribution is -2.40. The molecule has 140 valence electrons. The smallest absolute Gasteiger partial charge is 0.324 e. The summed E-state index contributed by atoms with van der Waals surface area (Å²) in [6.45, 7) is -0.0483. The summed E-state index contributed by atoms with van der Waals surface area (Å²) >= 11 is 6.02. The van der Waals surface area contributed by atoms with Crippen LogP contribution in [0.1, 0.15) is 24.3 Å². The van der Waals surface area contributed by atoms with E-state index in [0.717, 1.165) is 23.1 Å². The van der Waals surface area contributed by atoms with Gasteiger partial charge in [-0.05, 0) is 36.5 Å². The summed E-state index contributed by atoms with van der Waals surface area (Å²) in [4.78, 5) is 13.9. The fraction of sp³-hybridized carbons (Fsp3) is 0.412. The molecule has 5 nitrogen and oxygen atoms in total. The summed E-state index contributed by atoms with van der Waals surface area (Å²) in [5, 5.41) is 6.90. The number of rotatable bonds is 3. The molecule has 1 fully saturated rings. The van der Waals surface area contributed by atoms with Crippen molar-refractivity contribution in [1.82, 2.24) is 14.7 Å². The number of nitrogens with one attached hydrogen (secondary N) is 1. The number of piperidine rings is 1. The number of nitrogens with zero attached hydrogens (tertiary/aromatic N) is 3. The molecule has 1 saturated heterocycles. The maximum atomic E-state index is 12.3.